The zero-order chi connectivity index (χ0) is 11.7. The van der Waals surface area contributed by atoms with Gasteiger partial charge in [-0.15, -0.1) is 0 Å². The molecule has 0 aromatic heterocycles. The molecule has 0 spiro atoms. The predicted octanol–water partition coefficient (Wildman–Crippen LogP) is 1.36. The van der Waals surface area contributed by atoms with Gasteiger partial charge in [0.1, 0.15) is 5.75 Å². The Labute approximate surface area is 102 Å². The molecule has 16 heavy (non-hydrogen) atoms. The largest absolute Gasteiger partial charge is 0.507 e. The Morgan fingerprint density at radius 1 is 1.50 bits per heavy atom. The molecule has 1 aliphatic heterocycles. The van der Waals surface area contributed by atoms with E-state index in [1.807, 2.05) is 0 Å². The van der Waals surface area contributed by atoms with Crippen LogP contribution in [-0.4, -0.2) is 40.2 Å². The van der Waals surface area contributed by atoms with Crippen molar-refractivity contribution in [3.05, 3.63) is 28.2 Å². The Kier molecular flexibility index (Phi) is 3.16. The Morgan fingerprint density at radius 2 is 2.25 bits per heavy atom. The predicted molar refractivity (Wildman–Crippen MR) is 62.3 cm³/mol. The molecule has 0 bridgehead atoms. The molecule has 86 valence electrons. The van der Waals surface area contributed by atoms with E-state index < -0.39 is 6.10 Å². The molecule has 0 radical (unpaired) electrons. The molecule has 2 N–H and O–H groups in total. The van der Waals surface area contributed by atoms with Crippen molar-refractivity contribution < 1.29 is 15.0 Å². The summed E-state index contributed by atoms with van der Waals surface area (Å²) >= 11 is 3.21. The lowest BCUT2D eigenvalue weighted by Gasteiger charge is -2.16. The lowest BCUT2D eigenvalue weighted by molar-refractivity contribution is 0.0762. The maximum Gasteiger partial charge on any atom is 0.257 e. The Balaban J connectivity index is 2.21. The first kappa shape index (κ1) is 11.4. The smallest absolute Gasteiger partial charge is 0.257 e. The van der Waals surface area contributed by atoms with Crippen molar-refractivity contribution in [2.24, 2.45) is 0 Å². The maximum atomic E-state index is 12.0. The highest BCUT2D eigenvalue weighted by Crippen LogP contribution is 2.24. The summed E-state index contributed by atoms with van der Waals surface area (Å²) in [5.74, 6) is -0.276. The van der Waals surface area contributed by atoms with Gasteiger partial charge in [0.2, 0.25) is 0 Å². The summed E-state index contributed by atoms with van der Waals surface area (Å²) in [7, 11) is 0. The van der Waals surface area contributed by atoms with Crippen molar-refractivity contribution in [2.75, 3.05) is 13.1 Å². The maximum absolute atomic E-state index is 12.0. The number of aliphatic hydroxyl groups excluding tert-OH is 1. The summed E-state index contributed by atoms with van der Waals surface area (Å²) in [5, 5.41) is 19.0. The zero-order valence-corrected chi connectivity index (χ0v) is 10.1. The molecule has 1 aromatic rings. The van der Waals surface area contributed by atoms with Gasteiger partial charge in [-0.05, 0) is 24.6 Å². The molecule has 1 amide bonds. The molecule has 0 aliphatic carbocycles. The van der Waals surface area contributed by atoms with Gasteiger partial charge in [0.25, 0.3) is 5.91 Å². The molecule has 1 fully saturated rings. The zero-order valence-electron chi connectivity index (χ0n) is 8.56. The number of nitrogens with zero attached hydrogens (tertiary/aromatic N) is 1. The molecule has 5 heteroatoms. The number of β-amino-alcohol motifs (C(OH)–C–C–N with tert-alkyl or cyclic N) is 1. The van der Waals surface area contributed by atoms with Gasteiger partial charge in [-0.2, -0.15) is 0 Å². The molecule has 0 unspecified atom stereocenters. The van der Waals surface area contributed by atoms with Crippen LogP contribution in [-0.2, 0) is 0 Å². The van der Waals surface area contributed by atoms with Crippen LogP contribution in [0.15, 0.2) is 22.7 Å². The van der Waals surface area contributed by atoms with Gasteiger partial charge in [-0.1, -0.05) is 15.9 Å². The van der Waals surface area contributed by atoms with Crippen LogP contribution in [0.3, 0.4) is 0 Å². The first-order valence-corrected chi connectivity index (χ1v) is 5.83. The third-order valence-electron chi connectivity index (χ3n) is 2.64. The molecule has 1 aromatic carbocycles. The van der Waals surface area contributed by atoms with E-state index in [4.69, 9.17) is 0 Å². The van der Waals surface area contributed by atoms with Crippen LogP contribution in [0.2, 0.25) is 0 Å². The van der Waals surface area contributed by atoms with Gasteiger partial charge in [0, 0.05) is 17.6 Å². The van der Waals surface area contributed by atoms with Crippen LogP contribution in [0.1, 0.15) is 16.8 Å². The van der Waals surface area contributed by atoms with Crippen LogP contribution >= 0.6 is 15.9 Å². The minimum absolute atomic E-state index is 0.0410. The molecule has 2 rings (SSSR count). The van der Waals surface area contributed by atoms with Crippen LogP contribution in [0.5, 0.6) is 5.75 Å². The molecule has 1 saturated heterocycles. The third-order valence-corrected chi connectivity index (χ3v) is 3.13. The summed E-state index contributed by atoms with van der Waals surface area (Å²) in [6.45, 7) is 0.879. The second kappa shape index (κ2) is 4.43. The van der Waals surface area contributed by atoms with Crippen molar-refractivity contribution in [3.8, 4) is 5.75 Å². The fourth-order valence-electron chi connectivity index (χ4n) is 1.78. The number of carbonyl (C=O) groups excluding carboxylic acids is 1. The first-order chi connectivity index (χ1) is 7.58. The molecule has 4 nitrogen and oxygen atoms in total. The second-order valence-electron chi connectivity index (χ2n) is 3.86. The fraction of sp³-hybridized carbons (Fsp3) is 0.364. The van der Waals surface area contributed by atoms with E-state index >= 15 is 0 Å². The number of benzene rings is 1. The third kappa shape index (κ3) is 2.20. The topological polar surface area (TPSA) is 60.8 Å². The quantitative estimate of drug-likeness (QED) is 0.819. The number of amides is 1. The van der Waals surface area contributed by atoms with E-state index in [1.165, 1.54) is 6.07 Å². The van der Waals surface area contributed by atoms with Crippen LogP contribution < -0.4 is 0 Å². The molecular weight excluding hydrogens is 274 g/mol. The second-order valence-corrected chi connectivity index (χ2v) is 4.77. The van der Waals surface area contributed by atoms with Gasteiger partial charge < -0.3 is 15.1 Å². The highest BCUT2D eigenvalue weighted by Gasteiger charge is 2.26. The number of carbonyl (C=O) groups is 1. The van der Waals surface area contributed by atoms with Gasteiger partial charge in [0.05, 0.1) is 11.7 Å². The Morgan fingerprint density at radius 3 is 2.81 bits per heavy atom. The summed E-state index contributed by atoms with van der Waals surface area (Å²) in [6.07, 6.45) is 0.157. The van der Waals surface area contributed by atoms with Gasteiger partial charge in [-0.3, -0.25) is 4.79 Å². The number of aromatic hydroxyl groups is 1. The van der Waals surface area contributed by atoms with Gasteiger partial charge in [-0.25, -0.2) is 0 Å². The first-order valence-electron chi connectivity index (χ1n) is 5.04. The number of hydrogen-bond acceptors (Lipinski definition) is 3. The van der Waals surface area contributed by atoms with Crippen LogP contribution in [0.25, 0.3) is 0 Å². The van der Waals surface area contributed by atoms with Crippen LogP contribution in [0.4, 0.5) is 0 Å². The number of likely N-dealkylation sites (tertiary alicyclic amines) is 1. The average Bonchev–Trinajstić information content (AvgIpc) is 2.64. The highest BCUT2D eigenvalue weighted by atomic mass is 79.9. The lowest BCUT2D eigenvalue weighted by Crippen LogP contribution is -2.29. The van der Waals surface area contributed by atoms with Gasteiger partial charge >= 0.3 is 0 Å². The number of hydrogen-bond donors (Lipinski definition) is 2. The van der Waals surface area contributed by atoms with Crippen molar-refractivity contribution in [3.63, 3.8) is 0 Å². The van der Waals surface area contributed by atoms with E-state index in [2.05, 4.69) is 15.9 Å². The fourth-order valence-corrected chi connectivity index (χ4v) is 2.13. The Bertz CT molecular complexity index is 422. The minimum atomic E-state index is -0.443. The van der Waals surface area contributed by atoms with Crippen molar-refractivity contribution >= 4 is 21.8 Å². The van der Waals surface area contributed by atoms with Crippen molar-refractivity contribution in [1.29, 1.82) is 0 Å². The van der Waals surface area contributed by atoms with Crippen molar-refractivity contribution in [1.82, 2.24) is 4.90 Å². The van der Waals surface area contributed by atoms with E-state index in [0.29, 0.717) is 19.5 Å². The number of rotatable bonds is 1. The van der Waals surface area contributed by atoms with E-state index in [-0.39, 0.29) is 17.2 Å². The SMILES string of the molecule is O=C(c1ccc(Br)cc1O)N1CC[C@H](O)C1. The van der Waals surface area contributed by atoms with Crippen molar-refractivity contribution in [2.45, 2.75) is 12.5 Å². The number of phenols is 1. The molecule has 1 aliphatic rings. The molecular formula is C11H12BrNO3. The summed E-state index contributed by atoms with van der Waals surface area (Å²) in [6, 6.07) is 4.77. The Hall–Kier alpha value is -1.07. The summed E-state index contributed by atoms with van der Waals surface area (Å²) in [5.41, 5.74) is 0.275. The van der Waals surface area contributed by atoms with E-state index in [9.17, 15) is 15.0 Å². The number of aliphatic hydroxyl groups is 1. The van der Waals surface area contributed by atoms with E-state index in [0.717, 1.165) is 4.47 Å². The normalized spacial score (nSPS) is 20.1. The van der Waals surface area contributed by atoms with Gasteiger partial charge in [0.15, 0.2) is 0 Å². The standard InChI is InChI=1S/C11H12BrNO3/c12-7-1-2-9(10(15)5-7)11(16)13-4-3-8(14)6-13/h1-2,5,8,14-15H,3-4,6H2/t8-/m0/s1. The van der Waals surface area contributed by atoms with E-state index in [1.54, 1.807) is 17.0 Å². The molecule has 1 heterocycles. The monoisotopic (exact) mass is 285 g/mol. The minimum Gasteiger partial charge on any atom is -0.507 e. The number of phenolic OH excluding ortho intramolecular Hbond substituents is 1. The number of halogens is 1. The highest BCUT2D eigenvalue weighted by molar-refractivity contribution is 9.10. The summed E-state index contributed by atoms with van der Waals surface area (Å²) in [4.78, 5) is 13.5. The lowest BCUT2D eigenvalue weighted by atomic mass is 10.2. The average molecular weight is 286 g/mol. The molecule has 1 atom stereocenters. The summed E-state index contributed by atoms with van der Waals surface area (Å²) < 4.78 is 0.725. The molecule has 0 saturated carbocycles. The van der Waals surface area contributed by atoms with Crippen LogP contribution in [0, 0.1) is 0 Å².